The lowest BCUT2D eigenvalue weighted by Gasteiger charge is -2.28. The fraction of sp³-hybridized carbons (Fsp3) is 0.750. The molecule has 1 amide bonds. The lowest BCUT2D eigenvalue weighted by atomic mass is 10.1. The molecule has 0 atom stereocenters. The van der Waals surface area contributed by atoms with Crippen LogP contribution >= 0.6 is 0 Å². The highest BCUT2D eigenvalue weighted by Gasteiger charge is 2.18. The first-order valence-electron chi connectivity index (χ1n) is 4.25. The summed E-state index contributed by atoms with van der Waals surface area (Å²) in [7, 11) is 0. The summed E-state index contributed by atoms with van der Waals surface area (Å²) in [5.74, 6) is -0.946. The Hall–Kier alpha value is -1.10. The number of hydrogen-bond acceptors (Lipinski definition) is 3. The topological polar surface area (TPSA) is 66.8 Å². The third kappa shape index (κ3) is 3.42. The molecule has 5 nitrogen and oxygen atoms in total. The summed E-state index contributed by atoms with van der Waals surface area (Å²) in [6.07, 6.45) is 2.26. The second kappa shape index (κ2) is 4.81. The predicted octanol–water partition coefficient (Wildman–Crippen LogP) is -0.292. The van der Waals surface area contributed by atoms with Gasteiger partial charge in [-0.3, -0.25) is 4.79 Å². The van der Waals surface area contributed by atoms with E-state index in [0.29, 0.717) is 13.1 Å². The molecule has 0 aromatic rings. The summed E-state index contributed by atoms with van der Waals surface area (Å²) in [5, 5.41) is 8.35. The monoisotopic (exact) mass is 187 g/mol. The SMILES string of the molecule is O=CN1CCC(OCC(=O)O)CC1. The van der Waals surface area contributed by atoms with E-state index in [1.54, 1.807) is 4.90 Å². The van der Waals surface area contributed by atoms with E-state index in [1.807, 2.05) is 0 Å². The van der Waals surface area contributed by atoms with Crippen molar-refractivity contribution >= 4 is 12.4 Å². The van der Waals surface area contributed by atoms with Crippen LogP contribution in [0.1, 0.15) is 12.8 Å². The van der Waals surface area contributed by atoms with E-state index in [1.165, 1.54) is 0 Å². The average Bonchev–Trinajstić information content (AvgIpc) is 2.15. The van der Waals surface area contributed by atoms with Crippen LogP contribution in [0.25, 0.3) is 0 Å². The molecule has 13 heavy (non-hydrogen) atoms. The van der Waals surface area contributed by atoms with Gasteiger partial charge in [0.2, 0.25) is 6.41 Å². The highest BCUT2D eigenvalue weighted by molar-refractivity contribution is 5.68. The number of carboxylic acids is 1. The van der Waals surface area contributed by atoms with Gasteiger partial charge in [0.15, 0.2) is 0 Å². The lowest BCUT2D eigenvalue weighted by Crippen LogP contribution is -2.36. The fourth-order valence-corrected chi connectivity index (χ4v) is 1.34. The van der Waals surface area contributed by atoms with Gasteiger partial charge in [-0.15, -0.1) is 0 Å². The normalized spacial score (nSPS) is 18.6. The maximum Gasteiger partial charge on any atom is 0.329 e. The van der Waals surface area contributed by atoms with Gasteiger partial charge in [0, 0.05) is 13.1 Å². The largest absolute Gasteiger partial charge is 0.480 e. The second-order valence-corrected chi connectivity index (χ2v) is 3.05. The van der Waals surface area contributed by atoms with E-state index in [9.17, 15) is 9.59 Å². The van der Waals surface area contributed by atoms with Gasteiger partial charge >= 0.3 is 5.97 Å². The van der Waals surface area contributed by atoms with Crippen LogP contribution in [0, 0.1) is 0 Å². The summed E-state index contributed by atoms with van der Waals surface area (Å²) in [4.78, 5) is 22.2. The van der Waals surface area contributed by atoms with E-state index in [-0.39, 0.29) is 12.7 Å². The summed E-state index contributed by atoms with van der Waals surface area (Å²) >= 11 is 0. The number of ether oxygens (including phenoxy) is 1. The number of carbonyl (C=O) groups excluding carboxylic acids is 1. The van der Waals surface area contributed by atoms with Gasteiger partial charge in [-0.05, 0) is 12.8 Å². The third-order valence-electron chi connectivity index (χ3n) is 2.07. The zero-order chi connectivity index (χ0) is 9.68. The Labute approximate surface area is 76.3 Å². The molecule has 1 fully saturated rings. The molecule has 1 saturated heterocycles. The molecule has 0 spiro atoms. The van der Waals surface area contributed by atoms with Gasteiger partial charge < -0.3 is 14.7 Å². The molecule has 74 valence electrons. The van der Waals surface area contributed by atoms with Gasteiger partial charge in [0.1, 0.15) is 6.61 Å². The van der Waals surface area contributed by atoms with Crippen LogP contribution in [0.4, 0.5) is 0 Å². The Morgan fingerprint density at radius 1 is 1.54 bits per heavy atom. The molecule has 1 aliphatic heterocycles. The van der Waals surface area contributed by atoms with Crippen LogP contribution in [0.3, 0.4) is 0 Å². The number of rotatable bonds is 4. The van der Waals surface area contributed by atoms with Gasteiger partial charge in [-0.2, -0.15) is 0 Å². The van der Waals surface area contributed by atoms with Crippen molar-refractivity contribution in [2.24, 2.45) is 0 Å². The van der Waals surface area contributed by atoms with Crippen molar-refractivity contribution in [2.75, 3.05) is 19.7 Å². The highest BCUT2D eigenvalue weighted by Crippen LogP contribution is 2.11. The minimum atomic E-state index is -0.946. The van der Waals surface area contributed by atoms with Gasteiger partial charge in [-0.25, -0.2) is 4.79 Å². The zero-order valence-electron chi connectivity index (χ0n) is 7.31. The molecule has 0 aromatic heterocycles. The van der Waals surface area contributed by atoms with Crippen molar-refractivity contribution in [3.63, 3.8) is 0 Å². The number of amides is 1. The van der Waals surface area contributed by atoms with Crippen molar-refractivity contribution in [3.8, 4) is 0 Å². The minimum absolute atomic E-state index is 0.00713. The minimum Gasteiger partial charge on any atom is -0.480 e. The number of hydrogen-bond donors (Lipinski definition) is 1. The summed E-state index contributed by atoms with van der Waals surface area (Å²) in [6.45, 7) is 1.08. The maximum atomic E-state index is 10.3. The Kier molecular flexibility index (Phi) is 3.70. The van der Waals surface area contributed by atoms with Crippen LogP contribution in [-0.2, 0) is 14.3 Å². The molecule has 0 aromatic carbocycles. The number of nitrogens with zero attached hydrogens (tertiary/aromatic N) is 1. The van der Waals surface area contributed by atoms with E-state index in [4.69, 9.17) is 9.84 Å². The molecular weight excluding hydrogens is 174 g/mol. The van der Waals surface area contributed by atoms with Crippen molar-refractivity contribution in [1.29, 1.82) is 0 Å². The number of carbonyl (C=O) groups is 2. The van der Waals surface area contributed by atoms with Crippen LogP contribution in [-0.4, -0.2) is 48.2 Å². The summed E-state index contributed by atoms with van der Waals surface area (Å²) in [6, 6.07) is 0. The van der Waals surface area contributed by atoms with Crippen LogP contribution in [0.2, 0.25) is 0 Å². The smallest absolute Gasteiger partial charge is 0.329 e. The molecule has 1 heterocycles. The molecule has 0 saturated carbocycles. The number of carboxylic acid groups (broad SMARTS) is 1. The number of piperidine rings is 1. The van der Waals surface area contributed by atoms with Crippen molar-refractivity contribution in [1.82, 2.24) is 4.90 Å². The zero-order valence-corrected chi connectivity index (χ0v) is 7.31. The molecular formula is C8H13NO4. The molecule has 1 rings (SSSR count). The Morgan fingerprint density at radius 3 is 2.62 bits per heavy atom. The van der Waals surface area contributed by atoms with Gasteiger partial charge in [-0.1, -0.05) is 0 Å². The van der Waals surface area contributed by atoms with E-state index in [2.05, 4.69) is 0 Å². The van der Waals surface area contributed by atoms with Crippen molar-refractivity contribution in [2.45, 2.75) is 18.9 Å². The van der Waals surface area contributed by atoms with Crippen LogP contribution in [0.5, 0.6) is 0 Å². The molecule has 1 aliphatic rings. The van der Waals surface area contributed by atoms with Crippen LogP contribution in [0.15, 0.2) is 0 Å². The Bertz CT molecular complexity index is 187. The first-order valence-corrected chi connectivity index (χ1v) is 4.25. The van der Waals surface area contributed by atoms with E-state index < -0.39 is 5.97 Å². The molecule has 0 bridgehead atoms. The number of aliphatic carboxylic acids is 1. The van der Waals surface area contributed by atoms with Gasteiger partial charge in [0.25, 0.3) is 0 Å². The van der Waals surface area contributed by atoms with Crippen molar-refractivity contribution < 1.29 is 19.4 Å². The Balaban J connectivity index is 2.17. The predicted molar refractivity (Wildman–Crippen MR) is 44.2 cm³/mol. The molecule has 0 aliphatic carbocycles. The van der Waals surface area contributed by atoms with Crippen molar-refractivity contribution in [3.05, 3.63) is 0 Å². The number of likely N-dealkylation sites (tertiary alicyclic amines) is 1. The van der Waals surface area contributed by atoms with E-state index >= 15 is 0 Å². The van der Waals surface area contributed by atoms with E-state index in [0.717, 1.165) is 19.3 Å². The third-order valence-corrected chi connectivity index (χ3v) is 2.07. The average molecular weight is 187 g/mol. The molecule has 0 radical (unpaired) electrons. The Morgan fingerprint density at radius 2 is 2.15 bits per heavy atom. The summed E-state index contributed by atoms with van der Waals surface area (Å²) in [5.41, 5.74) is 0. The quantitative estimate of drug-likeness (QED) is 0.614. The first kappa shape index (κ1) is 9.98. The molecule has 0 unspecified atom stereocenters. The van der Waals surface area contributed by atoms with Gasteiger partial charge in [0.05, 0.1) is 6.10 Å². The summed E-state index contributed by atoms with van der Waals surface area (Å²) < 4.78 is 5.10. The molecule has 5 heteroatoms. The first-order chi connectivity index (χ1) is 6.22. The molecule has 1 N–H and O–H groups in total. The lowest BCUT2D eigenvalue weighted by molar-refractivity contribution is -0.145. The maximum absolute atomic E-state index is 10.3. The standard InChI is InChI=1S/C8H13NO4/c10-6-9-3-1-7(2-4-9)13-5-8(11)12/h6-7H,1-5H2,(H,11,12). The second-order valence-electron chi connectivity index (χ2n) is 3.05. The highest BCUT2D eigenvalue weighted by atomic mass is 16.5. The van der Waals surface area contributed by atoms with Crippen LogP contribution < -0.4 is 0 Å². The fourth-order valence-electron chi connectivity index (χ4n) is 1.34.